The number of aryl methyl sites for hydroxylation is 1. The highest BCUT2D eigenvalue weighted by atomic mass is 32.2. The van der Waals surface area contributed by atoms with Crippen molar-refractivity contribution in [2.24, 2.45) is 5.92 Å². The fraction of sp³-hybridized carbons (Fsp3) is 0.639. The monoisotopic (exact) mass is 744 g/mol. The van der Waals surface area contributed by atoms with Gasteiger partial charge in [0.15, 0.2) is 0 Å². The van der Waals surface area contributed by atoms with E-state index in [0.717, 1.165) is 12.8 Å². The quantitative estimate of drug-likeness (QED) is 0.317. The molecular formula is C36H49FN6O8S. The molecule has 6 rings (SSSR count). The van der Waals surface area contributed by atoms with Crippen LogP contribution >= 0.6 is 0 Å². The van der Waals surface area contributed by atoms with E-state index in [4.69, 9.17) is 9.47 Å². The summed E-state index contributed by atoms with van der Waals surface area (Å²) in [7, 11) is -3.99. The number of halogens is 1. The third-order valence-corrected chi connectivity index (χ3v) is 12.6. The summed E-state index contributed by atoms with van der Waals surface area (Å²) in [5.74, 6) is -2.21. The van der Waals surface area contributed by atoms with E-state index in [1.54, 1.807) is 34.6 Å². The Morgan fingerprint density at radius 2 is 1.88 bits per heavy atom. The van der Waals surface area contributed by atoms with Gasteiger partial charge in [0, 0.05) is 24.9 Å². The summed E-state index contributed by atoms with van der Waals surface area (Å²) in [6.07, 6.45) is 5.40. The lowest BCUT2D eigenvalue weighted by Crippen LogP contribution is -2.60. The second kappa shape index (κ2) is 14.2. The third kappa shape index (κ3) is 8.18. The van der Waals surface area contributed by atoms with E-state index in [1.165, 1.54) is 23.1 Å². The molecule has 4 N–H and O–H groups in total. The van der Waals surface area contributed by atoms with Crippen LogP contribution in [0.4, 0.5) is 9.18 Å². The maximum absolute atomic E-state index is 14.3. The van der Waals surface area contributed by atoms with Gasteiger partial charge in [0.1, 0.15) is 35.0 Å². The summed E-state index contributed by atoms with van der Waals surface area (Å²) in [6.45, 7) is 8.49. The number of rotatable bonds is 6. The Hall–Kier alpha value is -3.89. The fourth-order valence-corrected chi connectivity index (χ4v) is 8.25. The van der Waals surface area contributed by atoms with E-state index in [9.17, 15) is 32.3 Å². The zero-order valence-electron chi connectivity index (χ0n) is 30.3. The predicted octanol–water partition coefficient (Wildman–Crippen LogP) is 3.50. The molecule has 2 aliphatic heterocycles. The van der Waals surface area contributed by atoms with Crippen LogP contribution in [0.3, 0.4) is 0 Å². The van der Waals surface area contributed by atoms with Gasteiger partial charge in [-0.15, -0.1) is 0 Å². The number of sulfonamides is 1. The third-order valence-electron chi connectivity index (χ3n) is 10.4. The Bertz CT molecular complexity index is 1860. The van der Waals surface area contributed by atoms with Gasteiger partial charge in [-0.1, -0.05) is 25.0 Å². The molecule has 52 heavy (non-hydrogen) atoms. The molecule has 1 saturated heterocycles. The number of aliphatic hydroxyl groups is 1. The molecule has 1 aromatic heterocycles. The molecule has 6 atom stereocenters. The molecule has 16 heteroatoms. The van der Waals surface area contributed by atoms with Gasteiger partial charge < -0.3 is 25.2 Å². The smallest absolute Gasteiger partial charge is 0.408 e. The minimum Gasteiger partial charge on any atom is -0.472 e. The molecular weight excluding hydrogens is 695 g/mol. The number of amides is 3. The molecule has 0 bridgehead atoms. The number of ether oxygens (including phenoxy) is 2. The highest BCUT2D eigenvalue weighted by molar-refractivity contribution is 7.91. The summed E-state index contributed by atoms with van der Waals surface area (Å²) in [5.41, 5.74) is -1.11. The number of benzene rings is 1. The average molecular weight is 745 g/mol. The van der Waals surface area contributed by atoms with Crippen LogP contribution in [0.25, 0.3) is 11.0 Å². The number of fused-ring (bicyclic) bond motifs is 3. The molecule has 14 nitrogen and oxygen atoms in total. The first-order valence-corrected chi connectivity index (χ1v) is 19.5. The normalized spacial score (nSPS) is 29.4. The molecule has 1 aromatic carbocycles. The Balaban J connectivity index is 1.31. The van der Waals surface area contributed by atoms with Crippen molar-refractivity contribution in [1.29, 1.82) is 0 Å². The highest BCUT2D eigenvalue weighted by Gasteiger charge is 2.63. The van der Waals surface area contributed by atoms with E-state index >= 15 is 0 Å². The second-order valence-corrected chi connectivity index (χ2v) is 18.0. The molecule has 0 radical (unpaired) electrons. The molecule has 3 heterocycles. The molecule has 284 valence electrons. The molecule has 0 spiro atoms. The standard InChI is InChI=1S/C36H49FN6O8S/c1-21-30(39-27-17-23(37)13-14-25(27)38-21)50-24-18-28-29(44)41-36(32(46)42-52(48,49)35(5)15-16-35)19-22(36)11-9-7-6-8-10-12-26(31(45)43(28)20-24)40-33(47)51-34(2,3)4/h9,11,13-14,17,22,24,26,28,31,45H,6-8,10,12,15-16,18-20H2,1-5H3,(H,40,47)(H,41,44)(H,42,46). The number of nitrogens with zero attached hydrogens (tertiary/aromatic N) is 3. The molecule has 3 fully saturated rings. The van der Waals surface area contributed by atoms with E-state index in [2.05, 4.69) is 25.3 Å². The van der Waals surface area contributed by atoms with Gasteiger partial charge >= 0.3 is 6.09 Å². The Kier molecular flexibility index (Phi) is 10.3. The summed E-state index contributed by atoms with van der Waals surface area (Å²) in [6, 6.07) is 2.14. The van der Waals surface area contributed by atoms with Crippen LogP contribution in [0, 0.1) is 18.7 Å². The van der Waals surface area contributed by atoms with Gasteiger partial charge in [-0.05, 0) is 85.3 Å². The van der Waals surface area contributed by atoms with Gasteiger partial charge in [-0.2, -0.15) is 0 Å². The molecule has 2 aliphatic carbocycles. The molecule has 3 amide bonds. The maximum Gasteiger partial charge on any atom is 0.408 e. The Morgan fingerprint density at radius 1 is 1.13 bits per heavy atom. The van der Waals surface area contributed by atoms with Crippen molar-refractivity contribution < 1.29 is 41.8 Å². The van der Waals surface area contributed by atoms with E-state index in [1.807, 2.05) is 12.2 Å². The lowest BCUT2D eigenvalue weighted by molar-refractivity contribution is -0.135. The first-order valence-electron chi connectivity index (χ1n) is 18.0. The van der Waals surface area contributed by atoms with E-state index in [0.29, 0.717) is 43.3 Å². The summed E-state index contributed by atoms with van der Waals surface area (Å²) in [5, 5.41) is 17.6. The SMILES string of the molecule is Cc1nc2ccc(F)cc2nc1OC1CC2C(=O)NC3(C(=O)NS(=O)(=O)C4(C)CC4)CC3C=CCCCCCC(NC(=O)OC(C)(C)C)C(O)N2C1. The number of aliphatic hydroxyl groups excluding tert-OH is 1. The number of aromatic nitrogens is 2. The van der Waals surface area contributed by atoms with Gasteiger partial charge in [-0.25, -0.2) is 27.6 Å². The Labute approximate surface area is 303 Å². The van der Waals surface area contributed by atoms with E-state index < -0.39 is 80.0 Å². The number of hydrogen-bond donors (Lipinski definition) is 4. The lowest BCUT2D eigenvalue weighted by Gasteiger charge is -2.35. The number of allylic oxidation sites excluding steroid dienone is 1. The van der Waals surface area contributed by atoms with Crippen molar-refractivity contribution in [3.05, 3.63) is 41.9 Å². The van der Waals surface area contributed by atoms with Crippen LogP contribution in [0.15, 0.2) is 30.4 Å². The van der Waals surface area contributed by atoms with Gasteiger partial charge in [0.25, 0.3) is 5.91 Å². The van der Waals surface area contributed by atoms with Crippen molar-refractivity contribution in [1.82, 2.24) is 30.2 Å². The highest BCUT2D eigenvalue weighted by Crippen LogP contribution is 2.47. The topological polar surface area (TPSA) is 189 Å². The molecule has 4 aliphatic rings. The van der Waals surface area contributed by atoms with Crippen molar-refractivity contribution >= 4 is 39.0 Å². The first kappa shape index (κ1) is 37.9. The number of alkyl carbamates (subject to hydrolysis) is 1. The van der Waals surface area contributed by atoms with Gasteiger partial charge in [0.2, 0.25) is 21.8 Å². The largest absolute Gasteiger partial charge is 0.472 e. The predicted molar refractivity (Wildman–Crippen MR) is 189 cm³/mol. The minimum atomic E-state index is -3.99. The van der Waals surface area contributed by atoms with Gasteiger partial charge in [0.05, 0.1) is 27.9 Å². The number of carbonyl (C=O) groups excluding carboxylic acids is 3. The zero-order valence-corrected chi connectivity index (χ0v) is 31.1. The second-order valence-electron chi connectivity index (χ2n) is 15.8. The average Bonchev–Trinajstić information content (AvgIpc) is 3.93. The summed E-state index contributed by atoms with van der Waals surface area (Å²) >= 11 is 0. The van der Waals surface area contributed by atoms with Crippen molar-refractivity contribution in [3.8, 4) is 5.88 Å². The first-order chi connectivity index (χ1) is 24.4. The van der Waals surface area contributed by atoms with Crippen molar-refractivity contribution in [3.63, 3.8) is 0 Å². The van der Waals surface area contributed by atoms with Crippen LogP contribution in [-0.4, -0.2) is 93.1 Å². The molecule has 2 saturated carbocycles. The van der Waals surface area contributed by atoms with Crippen LogP contribution < -0.4 is 20.1 Å². The van der Waals surface area contributed by atoms with Crippen molar-refractivity contribution in [2.45, 2.75) is 133 Å². The van der Waals surface area contributed by atoms with Crippen LogP contribution in [0.1, 0.15) is 91.2 Å². The van der Waals surface area contributed by atoms with Crippen LogP contribution in [0.2, 0.25) is 0 Å². The lowest BCUT2D eigenvalue weighted by atomic mass is 10.0. The van der Waals surface area contributed by atoms with Crippen LogP contribution in [0.5, 0.6) is 5.88 Å². The summed E-state index contributed by atoms with van der Waals surface area (Å²) in [4.78, 5) is 51.6. The van der Waals surface area contributed by atoms with Crippen molar-refractivity contribution in [2.75, 3.05) is 6.54 Å². The number of carbonyl (C=O) groups is 3. The van der Waals surface area contributed by atoms with E-state index in [-0.39, 0.29) is 30.8 Å². The zero-order chi connectivity index (χ0) is 37.6. The van der Waals surface area contributed by atoms with Crippen LogP contribution in [-0.2, 0) is 24.3 Å². The molecule has 2 aromatic rings. The van der Waals surface area contributed by atoms with Gasteiger partial charge in [-0.3, -0.25) is 19.2 Å². The maximum atomic E-state index is 14.3. The molecule has 6 unspecified atom stereocenters. The minimum absolute atomic E-state index is 0.0172. The number of nitrogens with one attached hydrogen (secondary N) is 3. The number of hydrogen-bond acceptors (Lipinski definition) is 11. The Morgan fingerprint density at radius 3 is 2.60 bits per heavy atom. The fourth-order valence-electron chi connectivity index (χ4n) is 6.94. The summed E-state index contributed by atoms with van der Waals surface area (Å²) < 4.78 is 53.2.